The number of fused-ring (bicyclic) bond motifs is 7. The molecule has 1 fully saturated rings. The van der Waals surface area contributed by atoms with Gasteiger partial charge in [0.05, 0.1) is 52.9 Å². The van der Waals surface area contributed by atoms with E-state index in [9.17, 15) is 0 Å². The molecule has 1 aliphatic heterocycles. The second-order valence-electron chi connectivity index (χ2n) is 7.74. The van der Waals surface area contributed by atoms with Crippen LogP contribution in [0.4, 0.5) is 0 Å². The van der Waals surface area contributed by atoms with Gasteiger partial charge in [-0.15, -0.1) is 0 Å². The van der Waals surface area contributed by atoms with E-state index in [2.05, 4.69) is 12.1 Å². The summed E-state index contributed by atoms with van der Waals surface area (Å²) in [6, 6.07) is 11.9. The van der Waals surface area contributed by atoms with Gasteiger partial charge in [0.2, 0.25) is 11.8 Å². The van der Waals surface area contributed by atoms with E-state index in [0.29, 0.717) is 89.7 Å². The van der Waals surface area contributed by atoms with Crippen molar-refractivity contribution in [1.29, 1.82) is 0 Å². The van der Waals surface area contributed by atoms with Crippen molar-refractivity contribution in [2.45, 2.75) is 24.7 Å². The third-order valence-corrected chi connectivity index (χ3v) is 5.60. The van der Waals surface area contributed by atoms with Crippen molar-refractivity contribution in [2.24, 2.45) is 0 Å². The van der Waals surface area contributed by atoms with E-state index in [1.54, 1.807) is 0 Å². The van der Waals surface area contributed by atoms with Crippen LogP contribution in [0.2, 0.25) is 0 Å². The van der Waals surface area contributed by atoms with E-state index in [0.717, 1.165) is 24.2 Å². The fourth-order valence-corrected chi connectivity index (χ4v) is 3.82. The quantitative estimate of drug-likeness (QED) is 0.614. The highest BCUT2D eigenvalue weighted by molar-refractivity contribution is 5.28. The maximum atomic E-state index is 5.79. The summed E-state index contributed by atoms with van der Waals surface area (Å²) in [6.45, 7) is 5.06. The van der Waals surface area contributed by atoms with Gasteiger partial charge in [0.1, 0.15) is 13.2 Å². The van der Waals surface area contributed by atoms with E-state index >= 15 is 0 Å². The molecule has 0 saturated heterocycles. The highest BCUT2D eigenvalue weighted by Crippen LogP contribution is 2.48. The average Bonchev–Trinajstić information content (AvgIpc) is 2.78. The Morgan fingerprint density at radius 3 is 1.25 bits per heavy atom. The molecule has 0 unspecified atom stereocenters. The second-order valence-corrected chi connectivity index (χ2v) is 7.74. The number of rotatable bonds is 0. The standard InChI is InChI=1S/C24H32N2O6/c1-3-21-19-7-8-20(19)22-4-2-6-24(26-22)32-18-16-30-14-12-28-10-9-27-11-13-29-15-17-31-23(5-1)25-21/h1-6,19-20H,7-18H2/t19-,20+. The first-order valence-corrected chi connectivity index (χ1v) is 11.4. The largest absolute Gasteiger partial charge is 0.475 e. The van der Waals surface area contributed by atoms with Crippen LogP contribution in [0, 0.1) is 0 Å². The number of aromatic nitrogens is 2. The molecule has 1 aliphatic carbocycles. The zero-order valence-electron chi connectivity index (χ0n) is 18.4. The van der Waals surface area contributed by atoms with Gasteiger partial charge in [-0.1, -0.05) is 12.1 Å². The van der Waals surface area contributed by atoms with E-state index in [1.807, 2.05) is 24.3 Å². The maximum Gasteiger partial charge on any atom is 0.213 e. The Balaban J connectivity index is 1.38. The minimum absolute atomic E-state index is 0.337. The van der Waals surface area contributed by atoms with Gasteiger partial charge in [-0.2, -0.15) is 0 Å². The van der Waals surface area contributed by atoms with Crippen LogP contribution in [0.5, 0.6) is 11.8 Å². The highest BCUT2D eigenvalue weighted by atomic mass is 16.6. The number of pyridine rings is 2. The topological polar surface area (TPSA) is 81.2 Å². The predicted octanol–water partition coefficient (Wildman–Crippen LogP) is 2.98. The first kappa shape index (κ1) is 22.9. The van der Waals surface area contributed by atoms with Crippen molar-refractivity contribution >= 4 is 0 Å². The lowest BCUT2D eigenvalue weighted by Gasteiger charge is -2.36. The summed E-state index contributed by atoms with van der Waals surface area (Å²) in [5, 5.41) is 0. The van der Waals surface area contributed by atoms with E-state index in [1.165, 1.54) is 0 Å². The number of hydrogen-bond acceptors (Lipinski definition) is 8. The van der Waals surface area contributed by atoms with Gasteiger partial charge in [-0.3, -0.25) is 0 Å². The highest BCUT2D eigenvalue weighted by Gasteiger charge is 2.35. The molecule has 0 radical (unpaired) electrons. The molecule has 0 aromatic carbocycles. The molecule has 8 nitrogen and oxygen atoms in total. The predicted molar refractivity (Wildman–Crippen MR) is 117 cm³/mol. The molecule has 2 aromatic heterocycles. The second kappa shape index (κ2) is 12.7. The van der Waals surface area contributed by atoms with Gasteiger partial charge >= 0.3 is 0 Å². The molecule has 2 atom stereocenters. The Kier molecular flexibility index (Phi) is 9.09. The van der Waals surface area contributed by atoms with E-state index in [4.69, 9.17) is 38.4 Å². The van der Waals surface area contributed by atoms with Crippen LogP contribution in [0.15, 0.2) is 36.4 Å². The normalized spacial score (nSPS) is 24.0. The molecule has 8 heteroatoms. The van der Waals surface area contributed by atoms with Gasteiger partial charge in [0.25, 0.3) is 0 Å². The first-order chi connectivity index (χ1) is 15.9. The number of ether oxygens (including phenoxy) is 6. The third-order valence-electron chi connectivity index (χ3n) is 5.60. The molecule has 2 aliphatic rings. The summed E-state index contributed by atoms with van der Waals surface area (Å²) < 4.78 is 33.7. The molecular weight excluding hydrogens is 412 g/mol. The van der Waals surface area contributed by atoms with Crippen molar-refractivity contribution in [1.82, 2.24) is 9.97 Å². The fraction of sp³-hybridized carbons (Fsp3) is 0.583. The number of nitrogens with zero attached hydrogens (tertiary/aromatic N) is 2. The van der Waals surface area contributed by atoms with Gasteiger partial charge in [-0.25, -0.2) is 9.97 Å². The van der Waals surface area contributed by atoms with Crippen LogP contribution in [-0.4, -0.2) is 76.0 Å². The SMILES string of the molecule is c1cc2nc(c1)[C@H]1CC[C@H]1c1cccc(n1)OCCOCCOCCOCCOCCO2. The summed E-state index contributed by atoms with van der Waals surface area (Å²) in [7, 11) is 0. The Hall–Kier alpha value is -2.26. The fourth-order valence-electron chi connectivity index (χ4n) is 3.82. The lowest BCUT2D eigenvalue weighted by atomic mass is 9.70. The minimum Gasteiger partial charge on any atom is -0.475 e. The van der Waals surface area contributed by atoms with E-state index < -0.39 is 0 Å². The van der Waals surface area contributed by atoms with Crippen molar-refractivity contribution < 1.29 is 28.4 Å². The summed E-state index contributed by atoms with van der Waals surface area (Å²) in [5.74, 6) is 1.93. The van der Waals surface area contributed by atoms with Crippen molar-refractivity contribution in [3.63, 3.8) is 0 Å². The lowest BCUT2D eigenvalue weighted by Crippen LogP contribution is -2.24. The smallest absolute Gasteiger partial charge is 0.213 e. The number of hydrogen-bond donors (Lipinski definition) is 0. The Morgan fingerprint density at radius 2 is 0.875 bits per heavy atom. The third kappa shape index (κ3) is 6.87. The zero-order chi connectivity index (χ0) is 21.8. The minimum atomic E-state index is 0.337. The molecule has 0 amide bonds. The van der Waals surface area contributed by atoms with Crippen molar-refractivity contribution in [3.05, 3.63) is 47.8 Å². The molecule has 2 aromatic rings. The molecular formula is C24H32N2O6. The van der Waals surface area contributed by atoms with E-state index in [-0.39, 0.29) is 0 Å². The Morgan fingerprint density at radius 1 is 0.500 bits per heavy atom. The molecule has 0 spiro atoms. The van der Waals surface area contributed by atoms with Crippen molar-refractivity contribution in [2.75, 3.05) is 66.1 Å². The summed E-state index contributed by atoms with van der Waals surface area (Å²) in [4.78, 5) is 9.47. The average molecular weight is 445 g/mol. The molecule has 32 heavy (non-hydrogen) atoms. The van der Waals surface area contributed by atoms with Gasteiger partial charge in [-0.05, 0) is 25.0 Å². The maximum absolute atomic E-state index is 5.79. The van der Waals surface area contributed by atoms with Gasteiger partial charge in [0, 0.05) is 35.4 Å². The first-order valence-electron chi connectivity index (χ1n) is 11.4. The molecule has 4 rings (SSSR count). The monoisotopic (exact) mass is 444 g/mol. The van der Waals surface area contributed by atoms with Crippen molar-refractivity contribution in [3.8, 4) is 11.8 Å². The summed E-state index contributed by atoms with van der Waals surface area (Å²) >= 11 is 0. The zero-order valence-corrected chi connectivity index (χ0v) is 18.4. The van der Waals surface area contributed by atoms with Crippen LogP contribution in [0.1, 0.15) is 36.1 Å². The molecule has 0 N–H and O–H groups in total. The van der Waals surface area contributed by atoms with Crippen LogP contribution < -0.4 is 9.47 Å². The van der Waals surface area contributed by atoms with Crippen LogP contribution in [-0.2, 0) is 18.9 Å². The van der Waals surface area contributed by atoms with Crippen LogP contribution in [0.25, 0.3) is 0 Å². The Labute approximate surface area is 189 Å². The Bertz CT molecular complexity index is 753. The summed E-state index contributed by atoms with van der Waals surface area (Å²) in [6.07, 6.45) is 2.18. The van der Waals surface area contributed by atoms with Gasteiger partial charge in [0.15, 0.2) is 0 Å². The van der Waals surface area contributed by atoms with Crippen LogP contribution >= 0.6 is 0 Å². The molecule has 4 bridgehead atoms. The van der Waals surface area contributed by atoms with Crippen LogP contribution in [0.3, 0.4) is 0 Å². The molecule has 174 valence electrons. The molecule has 3 heterocycles. The lowest BCUT2D eigenvalue weighted by molar-refractivity contribution is -0.00724. The summed E-state index contributed by atoms with van der Waals surface area (Å²) in [5.41, 5.74) is 2.09. The van der Waals surface area contributed by atoms with Gasteiger partial charge < -0.3 is 28.4 Å². The molecule has 1 saturated carbocycles.